The van der Waals surface area contributed by atoms with Crippen LogP contribution < -0.4 is 0 Å². The number of hydrogen-bond acceptors (Lipinski definition) is 1. The molecule has 3 heteroatoms. The van der Waals surface area contributed by atoms with Gasteiger partial charge in [0.2, 0.25) is 0 Å². The molecule has 0 spiro atoms. The van der Waals surface area contributed by atoms with E-state index in [9.17, 15) is 4.79 Å². The number of carbonyl (C=O) groups is 1. The molecule has 1 atom stereocenters. The average molecular weight is 201 g/mol. The first kappa shape index (κ1) is 10.2. The van der Waals surface area contributed by atoms with Crippen molar-refractivity contribution < 1.29 is 4.79 Å². The molecule has 1 unspecified atom stereocenters. The second kappa shape index (κ2) is 5.90. The van der Waals surface area contributed by atoms with Gasteiger partial charge in [-0.25, -0.2) is 0 Å². The molecule has 0 saturated heterocycles. The second-order valence-corrected chi connectivity index (χ2v) is 4.31. The first-order chi connectivity index (χ1) is 4.18. The number of carbonyl (C=O) groups excluding carboxylic acids is 1. The molecule has 0 bridgehead atoms. The molecule has 0 aliphatic heterocycles. The summed E-state index contributed by atoms with van der Waals surface area (Å²) in [6.07, 6.45) is 3.35. The van der Waals surface area contributed by atoms with Crippen LogP contribution in [0, 0.1) is 0 Å². The van der Waals surface area contributed by atoms with Crippen molar-refractivity contribution >= 4 is 46.9 Å². The molecule has 0 N–H and O–H groups in total. The number of hydrogen-bond donors (Lipinski definition) is 0. The van der Waals surface area contributed by atoms with Gasteiger partial charge in [-0.3, -0.25) is 0 Å². The van der Waals surface area contributed by atoms with Gasteiger partial charge in [-0.05, 0) is 0 Å². The van der Waals surface area contributed by atoms with Crippen molar-refractivity contribution in [2.45, 2.75) is 31.0 Å². The Balaban J connectivity index is 3.27. The summed E-state index contributed by atoms with van der Waals surface area (Å²) < 4.78 is 0.378. The van der Waals surface area contributed by atoms with Crippen LogP contribution in [0.25, 0.3) is 0 Å². The Morgan fingerprint density at radius 3 is 2.67 bits per heavy atom. The van der Waals surface area contributed by atoms with Crippen molar-refractivity contribution in [3.8, 4) is 0 Å². The summed E-state index contributed by atoms with van der Waals surface area (Å²) in [5.74, 6) is 0. The molecule has 48 valence electrons. The van der Waals surface area contributed by atoms with Crippen LogP contribution in [-0.4, -0.2) is 35.8 Å². The van der Waals surface area contributed by atoms with Gasteiger partial charge < -0.3 is 0 Å². The van der Waals surface area contributed by atoms with Gasteiger partial charge >= 0.3 is 82.7 Å². The molecule has 0 fully saturated rings. The van der Waals surface area contributed by atoms with Crippen molar-refractivity contribution in [2.24, 2.45) is 0 Å². The van der Waals surface area contributed by atoms with Gasteiger partial charge in [-0.15, -0.1) is 0 Å². The van der Waals surface area contributed by atoms with E-state index < -0.39 is 0 Å². The van der Waals surface area contributed by atoms with E-state index in [1.165, 1.54) is 6.42 Å². The summed E-state index contributed by atoms with van der Waals surface area (Å²) in [6.45, 7) is 2.14. The third-order valence-corrected chi connectivity index (χ3v) is 3.90. The van der Waals surface area contributed by atoms with Gasteiger partial charge in [0.1, 0.15) is 0 Å². The first-order valence-electron chi connectivity index (χ1n) is 3.33. The van der Waals surface area contributed by atoms with Crippen molar-refractivity contribution in [3.05, 3.63) is 0 Å². The predicted octanol–water partition coefficient (Wildman–Crippen LogP) is 1.64. The van der Waals surface area contributed by atoms with E-state index in [0.717, 1.165) is 12.8 Å². The Morgan fingerprint density at radius 2 is 2.33 bits per heavy atom. The van der Waals surface area contributed by atoms with E-state index in [1.54, 1.807) is 0 Å². The van der Waals surface area contributed by atoms with Gasteiger partial charge in [0.15, 0.2) is 0 Å². The number of unbranched alkanes of at least 4 members (excludes halogenated alkanes) is 1. The normalized spacial score (nSPS) is 13.3. The van der Waals surface area contributed by atoms with Gasteiger partial charge in [-0.1, -0.05) is 0 Å². The zero-order chi connectivity index (χ0) is 7.28. The summed E-state index contributed by atoms with van der Waals surface area (Å²) in [7, 11) is 0. The van der Waals surface area contributed by atoms with Crippen LogP contribution in [-0.2, 0) is 4.79 Å². The fraction of sp³-hybridized carbons (Fsp3) is 0.833. The minimum atomic E-state index is 0.157. The topological polar surface area (TPSA) is 17.1 Å². The molecule has 0 radical (unpaired) electrons. The molecule has 0 saturated carbocycles. The fourth-order valence-corrected chi connectivity index (χ4v) is 1.20. The van der Waals surface area contributed by atoms with Crippen molar-refractivity contribution in [1.29, 1.82) is 0 Å². The van der Waals surface area contributed by atoms with Crippen LogP contribution in [0.4, 0.5) is 0 Å². The molecular weight excluding hydrogens is 191 g/mol. The number of halogens is 1. The molecule has 0 aromatic carbocycles. The monoisotopic (exact) mass is 200 g/mol. The Hall–Kier alpha value is 1.15. The van der Waals surface area contributed by atoms with Crippen LogP contribution in [0.2, 0.25) is 0 Å². The van der Waals surface area contributed by atoms with Crippen molar-refractivity contribution in [3.63, 3.8) is 0 Å². The molecule has 0 aliphatic carbocycles. The molecule has 0 rings (SSSR count). The molecule has 0 aliphatic rings. The van der Waals surface area contributed by atoms with Crippen LogP contribution in [0.3, 0.4) is 0 Å². The number of alkyl halides is 1. The summed E-state index contributed by atoms with van der Waals surface area (Å²) in [5, 5.41) is 0. The molecule has 0 heterocycles. The molecule has 0 aromatic rings. The van der Waals surface area contributed by atoms with E-state index >= 15 is 0 Å². The standard InChI is InChI=1S/C6H10BrO.Na/c1-2-3-4-6(7)5-8;/h6H,2-4H2,1H3;. The molecule has 1 nitrogen and oxygen atoms in total. The molecule has 9 heavy (non-hydrogen) atoms. The first-order valence-corrected chi connectivity index (χ1v) is 5.24. The van der Waals surface area contributed by atoms with Gasteiger partial charge in [0.25, 0.3) is 0 Å². The third-order valence-electron chi connectivity index (χ3n) is 1.25. The van der Waals surface area contributed by atoms with E-state index in [4.69, 9.17) is 0 Å². The van der Waals surface area contributed by atoms with E-state index in [-0.39, 0.29) is 4.83 Å². The maximum atomic E-state index is 10.7. The third kappa shape index (κ3) is 5.59. The van der Waals surface area contributed by atoms with Crippen LogP contribution in [0.1, 0.15) is 26.2 Å². The van der Waals surface area contributed by atoms with E-state index in [1.807, 2.05) is 0 Å². The average Bonchev–Trinajstić information content (AvgIpc) is 1.82. The number of rotatable bonds is 4. The van der Waals surface area contributed by atoms with Crippen LogP contribution in [0.15, 0.2) is 0 Å². The summed E-state index contributed by atoms with van der Waals surface area (Å²) in [5.41, 5.74) is 0. The quantitative estimate of drug-likeness (QED) is 0.499. The van der Waals surface area contributed by atoms with E-state index in [2.05, 4.69) is 22.9 Å². The SMILES string of the molecule is CCCCC(Br)[C](=O)[Na]. The fourth-order valence-electron chi connectivity index (χ4n) is 0.587. The Bertz CT molecular complexity index is 95.1. The van der Waals surface area contributed by atoms with Crippen LogP contribution in [0.5, 0.6) is 0 Å². The predicted molar refractivity (Wildman–Crippen MR) is 43.0 cm³/mol. The van der Waals surface area contributed by atoms with Crippen molar-refractivity contribution in [2.75, 3.05) is 0 Å². The Kier molecular flexibility index (Phi) is 6.65. The molecule has 0 amide bonds. The van der Waals surface area contributed by atoms with Gasteiger partial charge in [-0.2, -0.15) is 0 Å². The van der Waals surface area contributed by atoms with Crippen LogP contribution >= 0.6 is 15.9 Å². The molecule has 0 aromatic heterocycles. The summed E-state index contributed by atoms with van der Waals surface area (Å²) in [6, 6.07) is 0. The molecular formula is C6H10BrNaO. The zero-order valence-electron chi connectivity index (χ0n) is 5.98. The van der Waals surface area contributed by atoms with E-state index in [0.29, 0.717) is 31.0 Å². The Labute approximate surface area is 82.1 Å². The summed E-state index contributed by atoms with van der Waals surface area (Å²) in [4.78, 5) is 10.8. The van der Waals surface area contributed by atoms with Gasteiger partial charge in [0.05, 0.1) is 0 Å². The minimum absolute atomic E-state index is 0.157. The maximum absolute atomic E-state index is 10.7. The van der Waals surface area contributed by atoms with Crippen molar-refractivity contribution in [1.82, 2.24) is 0 Å². The Morgan fingerprint density at radius 1 is 1.78 bits per heavy atom. The summed E-state index contributed by atoms with van der Waals surface area (Å²) >= 11 is 4.01. The zero-order valence-corrected chi connectivity index (χ0v) is 9.57. The van der Waals surface area contributed by atoms with Gasteiger partial charge in [0, 0.05) is 0 Å². The second-order valence-electron chi connectivity index (χ2n) is 2.22.